The van der Waals surface area contributed by atoms with E-state index in [1.807, 2.05) is 0 Å². The molecule has 0 fully saturated rings. The molecule has 0 aliphatic carbocycles. The Morgan fingerprint density at radius 3 is 1.50 bits per heavy atom. The van der Waals surface area contributed by atoms with Gasteiger partial charge in [-0.05, 0) is 61.4 Å². The smallest absolute Gasteiger partial charge is 0.0574 e. The zero-order chi connectivity index (χ0) is 17.0. The maximum absolute atomic E-state index is 4.54. The maximum Gasteiger partial charge on any atom is 0.0574 e. The Balaban J connectivity index is 2.05. The van der Waals surface area contributed by atoms with Gasteiger partial charge in [-0.2, -0.15) is 0 Å². The Morgan fingerprint density at radius 2 is 1.08 bits per heavy atom. The van der Waals surface area contributed by atoms with Gasteiger partial charge >= 0.3 is 0 Å². The van der Waals surface area contributed by atoms with Crippen molar-refractivity contribution in [1.82, 2.24) is 0 Å². The molecule has 0 radical (unpaired) electrons. The summed E-state index contributed by atoms with van der Waals surface area (Å²) in [5.74, 6) is 0. The highest BCUT2D eigenvalue weighted by Crippen LogP contribution is 2.36. The summed E-state index contributed by atoms with van der Waals surface area (Å²) in [6.07, 6.45) is 2.15. The Labute approximate surface area is 152 Å². The van der Waals surface area contributed by atoms with Crippen LogP contribution in [0.25, 0.3) is 0 Å². The molecular formula is C20H24N2S2. The van der Waals surface area contributed by atoms with E-state index in [9.17, 15) is 0 Å². The third-order valence-electron chi connectivity index (χ3n) is 3.16. The van der Waals surface area contributed by atoms with Crippen molar-refractivity contribution in [2.24, 2.45) is 9.98 Å². The number of rotatable bonds is 7. The lowest BCUT2D eigenvalue weighted by atomic mass is 10.4. The quantitative estimate of drug-likeness (QED) is 0.644. The minimum atomic E-state index is 0.882. The molecule has 126 valence electrons. The average Bonchev–Trinajstić information content (AvgIpc) is 2.97. The summed E-state index contributed by atoms with van der Waals surface area (Å²) >= 11 is 0. The van der Waals surface area contributed by atoms with Gasteiger partial charge in [0.05, 0.1) is 10.7 Å². The monoisotopic (exact) mass is 356 g/mol. The van der Waals surface area contributed by atoms with Gasteiger partial charge in [0.2, 0.25) is 0 Å². The molecule has 2 aromatic rings. The summed E-state index contributed by atoms with van der Waals surface area (Å²) in [5, 5.41) is 2.09. The molecule has 0 N–H and O–H groups in total. The van der Waals surface area contributed by atoms with Crippen molar-refractivity contribution >= 4 is 21.6 Å². The van der Waals surface area contributed by atoms with E-state index < -0.39 is 0 Å². The van der Waals surface area contributed by atoms with E-state index in [1.54, 1.807) is 21.6 Å². The molecule has 4 heteroatoms. The largest absolute Gasteiger partial charge is 0.285 e. The second kappa shape index (κ2) is 11.1. The Kier molecular flexibility index (Phi) is 8.71. The predicted octanol–water partition coefficient (Wildman–Crippen LogP) is 5.11. The van der Waals surface area contributed by atoms with E-state index in [-0.39, 0.29) is 0 Å². The summed E-state index contributed by atoms with van der Waals surface area (Å²) in [4.78, 5) is 11.5. The fraction of sp³-hybridized carbons (Fsp3) is 0.300. The molecular weight excluding hydrogens is 332 g/mol. The van der Waals surface area contributed by atoms with Gasteiger partial charge in [0.15, 0.2) is 0 Å². The van der Waals surface area contributed by atoms with Crippen molar-refractivity contribution in [3.05, 3.63) is 71.4 Å². The summed E-state index contributed by atoms with van der Waals surface area (Å²) in [6.45, 7) is 6.05. The van der Waals surface area contributed by atoms with Crippen LogP contribution in [-0.2, 0) is 0 Å². The molecule has 2 nitrogen and oxygen atoms in total. The van der Waals surface area contributed by atoms with E-state index in [0.717, 1.165) is 36.6 Å². The second-order valence-electron chi connectivity index (χ2n) is 5.30. The predicted molar refractivity (Wildman–Crippen MR) is 106 cm³/mol. The standard InChI is InChI=1S/C20H24N2S2/c1-3-15-21-17-7-5-9-19(13-11-17)23-24-20-10-6-8-18(12-14-20)22-16-4-2/h5-14H,3-4,15-16H2,1-2H3. The average molecular weight is 357 g/mol. The second-order valence-corrected chi connectivity index (χ2v) is 7.58. The number of nitrogens with zero attached hydrogens (tertiary/aromatic N) is 2. The molecule has 0 unspecified atom stereocenters. The minimum Gasteiger partial charge on any atom is -0.285 e. The maximum atomic E-state index is 4.54. The first-order chi connectivity index (χ1) is 11.8. The van der Waals surface area contributed by atoms with Crippen LogP contribution >= 0.6 is 21.6 Å². The first kappa shape index (κ1) is 18.8. The highest BCUT2D eigenvalue weighted by molar-refractivity contribution is 8.76. The van der Waals surface area contributed by atoms with Crippen LogP contribution in [0.3, 0.4) is 0 Å². The number of hydrogen-bond donors (Lipinski definition) is 0. The van der Waals surface area contributed by atoms with E-state index in [0.29, 0.717) is 0 Å². The van der Waals surface area contributed by atoms with E-state index in [2.05, 4.69) is 84.5 Å². The Hall–Kier alpha value is -1.52. The fourth-order valence-corrected chi connectivity index (χ4v) is 3.89. The van der Waals surface area contributed by atoms with Crippen LogP contribution in [0.2, 0.25) is 0 Å². The van der Waals surface area contributed by atoms with Crippen LogP contribution in [0.4, 0.5) is 0 Å². The van der Waals surface area contributed by atoms with Crippen LogP contribution in [0, 0.1) is 0 Å². The van der Waals surface area contributed by atoms with Gasteiger partial charge in [-0.3, -0.25) is 9.98 Å². The molecule has 0 bridgehead atoms. The molecule has 2 aromatic carbocycles. The van der Waals surface area contributed by atoms with Crippen molar-refractivity contribution in [1.29, 1.82) is 0 Å². The fourth-order valence-electron chi connectivity index (χ4n) is 1.94. The molecule has 0 aromatic heterocycles. The van der Waals surface area contributed by atoms with Crippen molar-refractivity contribution in [3.63, 3.8) is 0 Å². The van der Waals surface area contributed by atoms with Crippen LogP contribution < -0.4 is 10.7 Å². The van der Waals surface area contributed by atoms with Gasteiger partial charge in [-0.25, -0.2) is 0 Å². The Bertz CT molecular complexity index is 706. The molecule has 0 atom stereocenters. The molecule has 0 aliphatic heterocycles. The molecule has 24 heavy (non-hydrogen) atoms. The van der Waals surface area contributed by atoms with Gasteiger partial charge in [0.1, 0.15) is 0 Å². The topological polar surface area (TPSA) is 24.7 Å². The molecule has 0 spiro atoms. The van der Waals surface area contributed by atoms with Crippen molar-refractivity contribution in [3.8, 4) is 0 Å². The normalized spacial score (nSPS) is 12.4. The van der Waals surface area contributed by atoms with Crippen LogP contribution in [-0.4, -0.2) is 13.1 Å². The van der Waals surface area contributed by atoms with Crippen molar-refractivity contribution < 1.29 is 0 Å². The van der Waals surface area contributed by atoms with Crippen LogP contribution in [0.15, 0.2) is 80.4 Å². The summed E-state index contributed by atoms with van der Waals surface area (Å²) in [7, 11) is 3.53. The first-order valence-electron chi connectivity index (χ1n) is 8.38. The molecule has 0 amide bonds. The van der Waals surface area contributed by atoms with Gasteiger partial charge in [-0.15, -0.1) is 0 Å². The molecule has 0 heterocycles. The zero-order valence-electron chi connectivity index (χ0n) is 14.3. The Morgan fingerprint density at radius 1 is 0.625 bits per heavy atom. The summed E-state index contributed by atoms with van der Waals surface area (Å²) in [5.41, 5.74) is 0. The van der Waals surface area contributed by atoms with Crippen molar-refractivity contribution in [2.75, 3.05) is 13.1 Å². The highest BCUT2D eigenvalue weighted by Gasteiger charge is 1.95. The third-order valence-corrected chi connectivity index (χ3v) is 5.58. The third kappa shape index (κ3) is 6.93. The van der Waals surface area contributed by atoms with Gasteiger partial charge in [0, 0.05) is 22.9 Å². The lowest BCUT2D eigenvalue weighted by Crippen LogP contribution is -1.96. The summed E-state index contributed by atoms with van der Waals surface area (Å²) < 4.78 is 0. The van der Waals surface area contributed by atoms with Gasteiger partial charge < -0.3 is 0 Å². The minimum absolute atomic E-state index is 0.882. The first-order valence-corrected chi connectivity index (χ1v) is 10.5. The number of hydrogen-bond acceptors (Lipinski definition) is 4. The molecule has 2 rings (SSSR count). The van der Waals surface area contributed by atoms with Crippen LogP contribution in [0.1, 0.15) is 26.7 Å². The molecule has 0 aliphatic rings. The highest BCUT2D eigenvalue weighted by atomic mass is 33.1. The lowest BCUT2D eigenvalue weighted by molar-refractivity contribution is 0.904. The van der Waals surface area contributed by atoms with E-state index in [4.69, 9.17) is 0 Å². The lowest BCUT2D eigenvalue weighted by Gasteiger charge is -1.96. The van der Waals surface area contributed by atoms with Crippen LogP contribution in [0.5, 0.6) is 0 Å². The zero-order valence-corrected chi connectivity index (χ0v) is 15.9. The van der Waals surface area contributed by atoms with Crippen molar-refractivity contribution in [2.45, 2.75) is 36.5 Å². The van der Waals surface area contributed by atoms with Gasteiger partial charge in [0.25, 0.3) is 0 Å². The SMILES string of the molecule is CCCN=c1cccc(SSc2cccc(=NCCC)cc2)cc1. The van der Waals surface area contributed by atoms with E-state index >= 15 is 0 Å². The summed E-state index contributed by atoms with van der Waals surface area (Å²) in [6, 6.07) is 21.0. The molecule has 0 saturated carbocycles. The van der Waals surface area contributed by atoms with E-state index in [1.165, 1.54) is 9.79 Å². The molecule has 0 saturated heterocycles. The van der Waals surface area contributed by atoms with Gasteiger partial charge in [-0.1, -0.05) is 47.6 Å².